The molecular formula is C15H26N2O2. The molecule has 2 fully saturated rings. The summed E-state index contributed by atoms with van der Waals surface area (Å²) >= 11 is 0. The van der Waals surface area contributed by atoms with Crippen molar-refractivity contribution in [2.45, 2.75) is 25.7 Å². The van der Waals surface area contributed by atoms with E-state index in [0.29, 0.717) is 0 Å². The van der Waals surface area contributed by atoms with Crippen molar-refractivity contribution in [3.8, 4) is 0 Å². The van der Waals surface area contributed by atoms with Gasteiger partial charge in [-0.2, -0.15) is 0 Å². The number of nitrogens with zero attached hydrogens (tertiary/aromatic N) is 2. The number of aliphatic hydroxyl groups is 1. The van der Waals surface area contributed by atoms with Crippen LogP contribution in [0.15, 0.2) is 12.7 Å². The number of likely N-dealkylation sites (tertiary alicyclic amines) is 2. The summed E-state index contributed by atoms with van der Waals surface area (Å²) < 4.78 is 0. The minimum Gasteiger partial charge on any atom is -0.395 e. The molecule has 0 aromatic carbocycles. The zero-order valence-corrected chi connectivity index (χ0v) is 11.8. The molecule has 1 N–H and O–H groups in total. The Balaban J connectivity index is 1.73. The standard InChI is InChI=1S/C15H26N2O2/c1-2-15(19)17-9-5-14(6-10-17)13-3-7-16(8-4-13)11-12-18/h2,13-14,18H,1,3-12H2. The largest absolute Gasteiger partial charge is 0.395 e. The van der Waals surface area contributed by atoms with Crippen LogP contribution in [0.3, 0.4) is 0 Å². The van der Waals surface area contributed by atoms with Crippen LogP contribution in [0.2, 0.25) is 0 Å². The van der Waals surface area contributed by atoms with Crippen LogP contribution in [0.5, 0.6) is 0 Å². The van der Waals surface area contributed by atoms with E-state index in [0.717, 1.165) is 57.4 Å². The first kappa shape index (κ1) is 14.5. The van der Waals surface area contributed by atoms with Crippen molar-refractivity contribution in [1.82, 2.24) is 9.80 Å². The van der Waals surface area contributed by atoms with Gasteiger partial charge in [-0.1, -0.05) is 6.58 Å². The lowest BCUT2D eigenvalue weighted by Crippen LogP contribution is -2.42. The molecule has 2 aliphatic rings. The zero-order valence-electron chi connectivity index (χ0n) is 11.8. The maximum atomic E-state index is 11.5. The van der Waals surface area contributed by atoms with Crippen LogP contribution < -0.4 is 0 Å². The zero-order chi connectivity index (χ0) is 13.7. The monoisotopic (exact) mass is 266 g/mol. The fourth-order valence-corrected chi connectivity index (χ4v) is 3.51. The number of rotatable bonds is 4. The summed E-state index contributed by atoms with van der Waals surface area (Å²) in [6.45, 7) is 8.68. The molecule has 2 heterocycles. The van der Waals surface area contributed by atoms with Gasteiger partial charge in [0, 0.05) is 19.6 Å². The number of aliphatic hydroxyl groups excluding tert-OH is 1. The van der Waals surface area contributed by atoms with Crippen LogP contribution in [0.25, 0.3) is 0 Å². The van der Waals surface area contributed by atoms with Crippen molar-refractivity contribution in [2.24, 2.45) is 11.8 Å². The average Bonchev–Trinajstić information content (AvgIpc) is 2.48. The Labute approximate surface area is 116 Å². The number of β-amino-alcohol motifs (C(OH)–C–C–N with tert-alkyl or cyclic N) is 1. The van der Waals surface area contributed by atoms with Crippen molar-refractivity contribution in [3.63, 3.8) is 0 Å². The number of hydrogen-bond acceptors (Lipinski definition) is 3. The lowest BCUT2D eigenvalue weighted by molar-refractivity contribution is -0.127. The lowest BCUT2D eigenvalue weighted by Gasteiger charge is -2.39. The Kier molecular flexibility index (Phi) is 5.40. The van der Waals surface area contributed by atoms with Crippen LogP contribution in [0, 0.1) is 11.8 Å². The Morgan fingerprint density at radius 3 is 2.11 bits per heavy atom. The molecule has 2 rings (SSSR count). The van der Waals surface area contributed by atoms with E-state index in [2.05, 4.69) is 11.5 Å². The number of piperidine rings is 2. The van der Waals surface area contributed by atoms with E-state index in [9.17, 15) is 4.79 Å². The quantitative estimate of drug-likeness (QED) is 0.775. The number of amides is 1. The van der Waals surface area contributed by atoms with Crippen molar-refractivity contribution in [2.75, 3.05) is 39.3 Å². The third kappa shape index (κ3) is 3.80. The van der Waals surface area contributed by atoms with Crippen LogP contribution >= 0.6 is 0 Å². The molecule has 1 amide bonds. The predicted octanol–water partition coefficient (Wildman–Crippen LogP) is 1.12. The maximum Gasteiger partial charge on any atom is 0.245 e. The van der Waals surface area contributed by atoms with Gasteiger partial charge >= 0.3 is 0 Å². The third-order valence-electron chi connectivity index (χ3n) is 4.74. The van der Waals surface area contributed by atoms with Gasteiger partial charge in [-0.15, -0.1) is 0 Å². The molecule has 0 aromatic rings. The Bertz CT molecular complexity index is 303. The second-order valence-corrected chi connectivity index (χ2v) is 5.77. The molecule has 0 atom stereocenters. The highest BCUT2D eigenvalue weighted by molar-refractivity contribution is 5.87. The molecule has 4 heteroatoms. The maximum absolute atomic E-state index is 11.5. The molecule has 0 aromatic heterocycles. The smallest absolute Gasteiger partial charge is 0.245 e. The summed E-state index contributed by atoms with van der Waals surface area (Å²) in [4.78, 5) is 15.8. The second kappa shape index (κ2) is 7.06. The van der Waals surface area contributed by atoms with Gasteiger partial charge in [-0.25, -0.2) is 0 Å². The predicted molar refractivity (Wildman–Crippen MR) is 75.8 cm³/mol. The van der Waals surface area contributed by atoms with E-state index in [1.807, 2.05) is 4.90 Å². The summed E-state index contributed by atoms with van der Waals surface area (Å²) in [7, 11) is 0. The van der Waals surface area contributed by atoms with Crippen molar-refractivity contribution < 1.29 is 9.90 Å². The van der Waals surface area contributed by atoms with Crippen molar-refractivity contribution in [3.05, 3.63) is 12.7 Å². The molecule has 2 saturated heterocycles. The van der Waals surface area contributed by atoms with E-state index >= 15 is 0 Å². The first-order valence-electron chi connectivity index (χ1n) is 7.49. The van der Waals surface area contributed by atoms with Gasteiger partial charge in [-0.05, 0) is 56.7 Å². The molecule has 0 unspecified atom stereocenters. The molecule has 0 spiro atoms. The van der Waals surface area contributed by atoms with Gasteiger partial charge in [0.25, 0.3) is 0 Å². The Hall–Kier alpha value is -0.870. The molecule has 4 nitrogen and oxygen atoms in total. The summed E-state index contributed by atoms with van der Waals surface area (Å²) in [5.41, 5.74) is 0. The summed E-state index contributed by atoms with van der Waals surface area (Å²) in [6.07, 6.45) is 6.21. The number of carbonyl (C=O) groups excluding carboxylic acids is 1. The van der Waals surface area contributed by atoms with Gasteiger partial charge < -0.3 is 14.9 Å². The highest BCUT2D eigenvalue weighted by Crippen LogP contribution is 2.32. The van der Waals surface area contributed by atoms with Crippen molar-refractivity contribution in [1.29, 1.82) is 0 Å². The second-order valence-electron chi connectivity index (χ2n) is 5.77. The van der Waals surface area contributed by atoms with Crippen LogP contribution in [0.1, 0.15) is 25.7 Å². The summed E-state index contributed by atoms with van der Waals surface area (Å²) in [5.74, 6) is 1.68. The molecule has 2 aliphatic heterocycles. The topological polar surface area (TPSA) is 43.8 Å². The fraction of sp³-hybridized carbons (Fsp3) is 0.800. The van der Waals surface area contributed by atoms with E-state index in [4.69, 9.17) is 5.11 Å². The van der Waals surface area contributed by atoms with Crippen molar-refractivity contribution >= 4 is 5.91 Å². The molecule has 0 saturated carbocycles. The highest BCUT2D eigenvalue weighted by Gasteiger charge is 2.30. The van der Waals surface area contributed by atoms with Crippen LogP contribution in [-0.2, 0) is 4.79 Å². The molecule has 19 heavy (non-hydrogen) atoms. The third-order valence-corrected chi connectivity index (χ3v) is 4.74. The van der Waals surface area contributed by atoms with E-state index in [1.165, 1.54) is 18.9 Å². The molecule has 0 bridgehead atoms. The average molecular weight is 266 g/mol. The molecule has 108 valence electrons. The molecular weight excluding hydrogens is 240 g/mol. The van der Waals surface area contributed by atoms with Gasteiger partial charge in [0.15, 0.2) is 0 Å². The minimum atomic E-state index is 0.0798. The first-order valence-corrected chi connectivity index (χ1v) is 7.49. The van der Waals surface area contributed by atoms with E-state index in [1.54, 1.807) is 0 Å². The highest BCUT2D eigenvalue weighted by atomic mass is 16.3. The lowest BCUT2D eigenvalue weighted by atomic mass is 9.79. The SMILES string of the molecule is C=CC(=O)N1CCC(C2CCN(CCO)CC2)CC1. The Morgan fingerprint density at radius 2 is 1.63 bits per heavy atom. The van der Waals surface area contributed by atoms with Gasteiger partial charge in [0.2, 0.25) is 5.91 Å². The number of carbonyl (C=O) groups is 1. The van der Waals surface area contributed by atoms with E-state index < -0.39 is 0 Å². The molecule has 0 aliphatic carbocycles. The fourth-order valence-electron chi connectivity index (χ4n) is 3.51. The van der Waals surface area contributed by atoms with Crippen LogP contribution in [0.4, 0.5) is 0 Å². The Morgan fingerprint density at radius 1 is 1.11 bits per heavy atom. The van der Waals surface area contributed by atoms with Crippen LogP contribution in [-0.4, -0.2) is 60.1 Å². The normalized spacial score (nSPS) is 23.5. The number of hydrogen-bond donors (Lipinski definition) is 1. The summed E-state index contributed by atoms with van der Waals surface area (Å²) in [5, 5.41) is 8.95. The van der Waals surface area contributed by atoms with E-state index in [-0.39, 0.29) is 12.5 Å². The van der Waals surface area contributed by atoms with Gasteiger partial charge in [0.1, 0.15) is 0 Å². The van der Waals surface area contributed by atoms with Gasteiger partial charge in [-0.3, -0.25) is 4.79 Å². The first-order chi connectivity index (χ1) is 9.24. The van der Waals surface area contributed by atoms with Gasteiger partial charge in [0.05, 0.1) is 6.61 Å². The summed E-state index contributed by atoms with van der Waals surface area (Å²) in [6, 6.07) is 0. The minimum absolute atomic E-state index is 0.0798. The molecule has 0 radical (unpaired) electrons.